The first kappa shape index (κ1) is 15.1. The zero-order valence-electron chi connectivity index (χ0n) is 11.5. The molecule has 19 heavy (non-hydrogen) atoms. The van der Waals surface area contributed by atoms with Gasteiger partial charge in [0.15, 0.2) is 0 Å². The average molecular weight is 267 g/mol. The van der Waals surface area contributed by atoms with Gasteiger partial charge in [-0.2, -0.15) is 0 Å². The van der Waals surface area contributed by atoms with Gasteiger partial charge in [-0.3, -0.25) is 9.59 Å². The summed E-state index contributed by atoms with van der Waals surface area (Å²) in [5.74, 6) is -1.68. The van der Waals surface area contributed by atoms with E-state index in [0.717, 1.165) is 0 Å². The lowest BCUT2D eigenvalue weighted by atomic mass is 9.89. The molecule has 0 aliphatic heterocycles. The first-order valence-corrected chi connectivity index (χ1v) is 5.91. The Balaban J connectivity index is 2.88. The van der Waals surface area contributed by atoms with Crippen molar-refractivity contribution < 1.29 is 19.1 Å². The number of hydrogen-bond donors (Lipinski definition) is 1. The number of rotatable bonds is 4. The summed E-state index contributed by atoms with van der Waals surface area (Å²) in [5.41, 5.74) is -0.139. The molecule has 104 valence electrons. The molecule has 0 aliphatic rings. The molecule has 1 aromatic rings. The molecule has 0 saturated heterocycles. The molecular formula is C14H18FNO3. The van der Waals surface area contributed by atoms with Crippen molar-refractivity contribution in [3.05, 3.63) is 29.6 Å². The van der Waals surface area contributed by atoms with Crippen molar-refractivity contribution in [3.8, 4) is 0 Å². The normalized spacial score (nSPS) is 11.2. The van der Waals surface area contributed by atoms with Crippen LogP contribution in [0, 0.1) is 18.2 Å². The van der Waals surface area contributed by atoms with Gasteiger partial charge < -0.3 is 10.0 Å². The van der Waals surface area contributed by atoms with Gasteiger partial charge in [0.25, 0.3) is 0 Å². The van der Waals surface area contributed by atoms with Gasteiger partial charge in [-0.05, 0) is 44.5 Å². The maximum absolute atomic E-state index is 13.2. The van der Waals surface area contributed by atoms with Gasteiger partial charge in [-0.1, -0.05) is 0 Å². The molecule has 0 radical (unpaired) electrons. The number of hydrogen-bond acceptors (Lipinski definition) is 2. The van der Waals surface area contributed by atoms with E-state index in [1.165, 1.54) is 30.9 Å². The summed E-state index contributed by atoms with van der Waals surface area (Å²) in [6, 6.07) is 4.34. The van der Waals surface area contributed by atoms with Crippen molar-refractivity contribution in [2.45, 2.75) is 27.2 Å². The summed E-state index contributed by atoms with van der Waals surface area (Å²) in [7, 11) is 1.55. The minimum Gasteiger partial charge on any atom is -0.481 e. The first-order chi connectivity index (χ1) is 8.65. The van der Waals surface area contributed by atoms with Crippen LogP contribution >= 0.6 is 0 Å². The van der Waals surface area contributed by atoms with E-state index in [4.69, 9.17) is 5.11 Å². The number of carbonyl (C=O) groups is 2. The Labute approximate surface area is 111 Å². The molecule has 0 heterocycles. The number of nitrogens with zero attached hydrogens (tertiary/aromatic N) is 1. The van der Waals surface area contributed by atoms with Gasteiger partial charge in [-0.25, -0.2) is 4.39 Å². The standard InChI is InChI=1S/C14H18FNO3/c1-9-7-10(5-6-11(9)15)16(4)12(17)8-14(2,3)13(18)19/h5-7H,8H2,1-4H3,(H,18,19). The van der Waals surface area contributed by atoms with E-state index < -0.39 is 11.4 Å². The van der Waals surface area contributed by atoms with Crippen molar-refractivity contribution >= 4 is 17.6 Å². The van der Waals surface area contributed by atoms with E-state index in [1.54, 1.807) is 20.0 Å². The second-order valence-corrected chi connectivity index (χ2v) is 5.25. The van der Waals surface area contributed by atoms with E-state index in [2.05, 4.69) is 0 Å². The second-order valence-electron chi connectivity index (χ2n) is 5.25. The average Bonchev–Trinajstić information content (AvgIpc) is 2.31. The zero-order chi connectivity index (χ0) is 14.8. The molecule has 1 N–H and O–H groups in total. The zero-order valence-corrected chi connectivity index (χ0v) is 11.5. The van der Waals surface area contributed by atoms with Gasteiger partial charge >= 0.3 is 5.97 Å². The third-order valence-corrected chi connectivity index (χ3v) is 3.08. The molecule has 0 aromatic heterocycles. The van der Waals surface area contributed by atoms with Crippen LogP contribution in [0.5, 0.6) is 0 Å². The van der Waals surface area contributed by atoms with Crippen LogP contribution in [-0.2, 0) is 9.59 Å². The Morgan fingerprint density at radius 2 is 1.95 bits per heavy atom. The smallest absolute Gasteiger partial charge is 0.309 e. The summed E-state index contributed by atoms with van der Waals surface area (Å²) in [5, 5.41) is 9.00. The minimum atomic E-state index is -1.12. The molecule has 1 amide bonds. The molecule has 0 bridgehead atoms. The number of amides is 1. The number of halogens is 1. The number of aryl methyl sites for hydroxylation is 1. The lowest BCUT2D eigenvalue weighted by Gasteiger charge is -2.23. The monoisotopic (exact) mass is 267 g/mol. The highest BCUT2D eigenvalue weighted by Gasteiger charge is 2.31. The molecule has 0 unspecified atom stereocenters. The second kappa shape index (κ2) is 5.38. The van der Waals surface area contributed by atoms with Crippen LogP contribution in [-0.4, -0.2) is 24.0 Å². The molecule has 0 atom stereocenters. The third-order valence-electron chi connectivity index (χ3n) is 3.08. The summed E-state index contributed by atoms with van der Waals surface area (Å²) in [4.78, 5) is 24.4. The Bertz CT molecular complexity index is 511. The maximum atomic E-state index is 13.2. The van der Waals surface area contributed by atoms with Crippen LogP contribution in [0.2, 0.25) is 0 Å². The number of carboxylic acid groups (broad SMARTS) is 1. The van der Waals surface area contributed by atoms with Crippen LogP contribution in [0.1, 0.15) is 25.8 Å². The van der Waals surface area contributed by atoms with E-state index in [0.29, 0.717) is 11.3 Å². The van der Waals surface area contributed by atoms with Gasteiger partial charge in [-0.15, -0.1) is 0 Å². The number of carboxylic acids is 1. The quantitative estimate of drug-likeness (QED) is 0.912. The van der Waals surface area contributed by atoms with Gasteiger partial charge in [0, 0.05) is 19.2 Å². The molecule has 0 aliphatic carbocycles. The minimum absolute atomic E-state index is 0.116. The molecule has 1 aromatic carbocycles. The Morgan fingerprint density at radius 1 is 1.37 bits per heavy atom. The topological polar surface area (TPSA) is 57.6 Å². The summed E-state index contributed by atoms with van der Waals surface area (Å²) in [6.07, 6.45) is -0.116. The Morgan fingerprint density at radius 3 is 2.42 bits per heavy atom. The van der Waals surface area contributed by atoms with Gasteiger partial charge in [0.1, 0.15) is 5.82 Å². The highest BCUT2D eigenvalue weighted by Crippen LogP contribution is 2.24. The lowest BCUT2D eigenvalue weighted by Crippen LogP contribution is -2.34. The van der Waals surface area contributed by atoms with Crippen molar-refractivity contribution in [2.24, 2.45) is 5.41 Å². The highest BCUT2D eigenvalue weighted by molar-refractivity contribution is 5.95. The summed E-state index contributed by atoms with van der Waals surface area (Å²) in [6.45, 7) is 4.60. The van der Waals surface area contributed by atoms with E-state index >= 15 is 0 Å². The number of benzene rings is 1. The van der Waals surface area contributed by atoms with E-state index in [9.17, 15) is 14.0 Å². The fraction of sp³-hybridized carbons (Fsp3) is 0.429. The Hall–Kier alpha value is -1.91. The fourth-order valence-electron chi connectivity index (χ4n) is 1.55. The fourth-order valence-corrected chi connectivity index (χ4v) is 1.55. The van der Waals surface area contributed by atoms with E-state index in [1.807, 2.05) is 0 Å². The van der Waals surface area contributed by atoms with Crippen molar-refractivity contribution in [1.29, 1.82) is 0 Å². The summed E-state index contributed by atoms with van der Waals surface area (Å²) < 4.78 is 13.2. The van der Waals surface area contributed by atoms with Crippen molar-refractivity contribution in [1.82, 2.24) is 0 Å². The van der Waals surface area contributed by atoms with Crippen molar-refractivity contribution in [2.75, 3.05) is 11.9 Å². The molecule has 4 nitrogen and oxygen atoms in total. The molecule has 0 saturated carbocycles. The van der Waals surface area contributed by atoms with Crippen LogP contribution in [0.15, 0.2) is 18.2 Å². The largest absolute Gasteiger partial charge is 0.481 e. The molecule has 5 heteroatoms. The van der Waals surface area contributed by atoms with Crippen LogP contribution in [0.4, 0.5) is 10.1 Å². The summed E-state index contributed by atoms with van der Waals surface area (Å²) >= 11 is 0. The number of anilines is 1. The Kier molecular flexibility index (Phi) is 4.29. The van der Waals surface area contributed by atoms with Crippen LogP contribution in [0.25, 0.3) is 0 Å². The molecule has 1 rings (SSSR count). The first-order valence-electron chi connectivity index (χ1n) is 5.91. The van der Waals surface area contributed by atoms with Gasteiger partial charge in [0.05, 0.1) is 5.41 Å². The highest BCUT2D eigenvalue weighted by atomic mass is 19.1. The molecule has 0 spiro atoms. The van der Waals surface area contributed by atoms with Crippen molar-refractivity contribution in [3.63, 3.8) is 0 Å². The molecule has 0 fully saturated rings. The lowest BCUT2D eigenvalue weighted by molar-refractivity contribution is -0.149. The van der Waals surface area contributed by atoms with Gasteiger partial charge in [0.2, 0.25) is 5.91 Å². The predicted octanol–water partition coefficient (Wildman–Crippen LogP) is 2.60. The number of carbonyl (C=O) groups excluding carboxylic acids is 1. The SMILES string of the molecule is Cc1cc(N(C)C(=O)CC(C)(C)C(=O)O)ccc1F. The maximum Gasteiger partial charge on any atom is 0.309 e. The predicted molar refractivity (Wildman–Crippen MR) is 70.6 cm³/mol. The molecular weight excluding hydrogens is 249 g/mol. The number of aliphatic carboxylic acids is 1. The third kappa shape index (κ3) is 3.53. The van der Waals surface area contributed by atoms with Crippen LogP contribution < -0.4 is 4.90 Å². The van der Waals surface area contributed by atoms with Crippen LogP contribution in [0.3, 0.4) is 0 Å². The van der Waals surface area contributed by atoms with E-state index in [-0.39, 0.29) is 18.1 Å².